The Labute approximate surface area is 151 Å². The molecular formula is C20H23BrO3. The van der Waals surface area contributed by atoms with Crippen molar-refractivity contribution in [2.45, 2.75) is 58.3 Å². The summed E-state index contributed by atoms with van der Waals surface area (Å²) in [4.78, 5) is 23.7. The van der Waals surface area contributed by atoms with Crippen LogP contribution in [0.1, 0.15) is 63.0 Å². The highest BCUT2D eigenvalue weighted by Crippen LogP contribution is 2.59. The van der Waals surface area contributed by atoms with E-state index in [1.165, 1.54) is 18.1 Å². The lowest BCUT2D eigenvalue weighted by atomic mass is 9.55. The predicted molar refractivity (Wildman–Crippen MR) is 95.1 cm³/mol. The molecule has 1 aromatic carbocycles. The van der Waals surface area contributed by atoms with E-state index in [9.17, 15) is 9.59 Å². The zero-order chi connectivity index (χ0) is 17.1. The molecule has 0 aromatic heterocycles. The zero-order valence-corrected chi connectivity index (χ0v) is 15.8. The lowest BCUT2D eigenvalue weighted by Crippen LogP contribution is -2.42. The Balaban J connectivity index is 1.69. The van der Waals surface area contributed by atoms with Gasteiger partial charge in [-0.25, -0.2) is 0 Å². The first kappa shape index (κ1) is 16.3. The summed E-state index contributed by atoms with van der Waals surface area (Å²) in [5.74, 6) is 2.53. The first-order valence-corrected chi connectivity index (χ1v) is 9.73. The average molecular weight is 391 g/mol. The van der Waals surface area contributed by atoms with Crippen LogP contribution < -0.4 is 4.74 Å². The zero-order valence-electron chi connectivity index (χ0n) is 14.2. The molecule has 24 heavy (non-hydrogen) atoms. The lowest BCUT2D eigenvalue weighted by Gasteiger charge is -2.48. The van der Waals surface area contributed by atoms with Crippen LogP contribution in [0.4, 0.5) is 0 Å². The highest BCUT2D eigenvalue weighted by Gasteiger charge is 2.54. The van der Waals surface area contributed by atoms with E-state index < -0.39 is 0 Å². The molecule has 2 fully saturated rings. The summed E-state index contributed by atoms with van der Waals surface area (Å²) >= 11 is 3.57. The number of hydrogen-bond donors (Lipinski definition) is 0. The van der Waals surface area contributed by atoms with E-state index in [0.29, 0.717) is 29.3 Å². The molecule has 2 saturated carbocycles. The Kier molecular flexibility index (Phi) is 3.87. The van der Waals surface area contributed by atoms with Crippen molar-refractivity contribution in [3.05, 3.63) is 27.7 Å². The maximum absolute atomic E-state index is 12.4. The molecule has 0 aliphatic heterocycles. The quantitative estimate of drug-likeness (QED) is 0.510. The number of aryl methyl sites for hydroxylation is 1. The second-order valence-electron chi connectivity index (χ2n) is 7.91. The van der Waals surface area contributed by atoms with Gasteiger partial charge in [0.15, 0.2) is 0 Å². The maximum Gasteiger partial charge on any atom is 0.308 e. The van der Waals surface area contributed by atoms with Crippen LogP contribution in [0.5, 0.6) is 5.75 Å². The van der Waals surface area contributed by atoms with Crippen LogP contribution in [0, 0.1) is 17.3 Å². The van der Waals surface area contributed by atoms with Crippen molar-refractivity contribution < 1.29 is 14.3 Å². The van der Waals surface area contributed by atoms with Crippen molar-refractivity contribution >= 4 is 27.7 Å². The largest absolute Gasteiger partial charge is 0.426 e. The van der Waals surface area contributed by atoms with Gasteiger partial charge in [0.05, 0.1) is 4.47 Å². The molecule has 128 valence electrons. The Hall–Kier alpha value is -1.16. The fourth-order valence-electron chi connectivity index (χ4n) is 5.58. The molecule has 3 aliphatic rings. The topological polar surface area (TPSA) is 43.4 Å². The van der Waals surface area contributed by atoms with Gasteiger partial charge in [-0.3, -0.25) is 9.59 Å². The van der Waals surface area contributed by atoms with Gasteiger partial charge in [-0.2, -0.15) is 0 Å². The summed E-state index contributed by atoms with van der Waals surface area (Å²) in [6.07, 6.45) is 6.10. The molecule has 0 spiro atoms. The van der Waals surface area contributed by atoms with Gasteiger partial charge in [0.25, 0.3) is 0 Å². The minimum atomic E-state index is -0.290. The number of esters is 1. The van der Waals surface area contributed by atoms with Crippen molar-refractivity contribution in [1.29, 1.82) is 0 Å². The highest BCUT2D eigenvalue weighted by atomic mass is 79.9. The number of fused-ring (bicyclic) bond motifs is 5. The summed E-state index contributed by atoms with van der Waals surface area (Å²) in [7, 11) is 0. The molecule has 0 saturated heterocycles. The van der Waals surface area contributed by atoms with Crippen LogP contribution in [0.15, 0.2) is 16.6 Å². The molecule has 3 aliphatic carbocycles. The summed E-state index contributed by atoms with van der Waals surface area (Å²) in [6.45, 7) is 3.64. The third kappa shape index (κ3) is 2.37. The van der Waals surface area contributed by atoms with Crippen LogP contribution in [-0.2, 0) is 16.0 Å². The molecule has 3 nitrogen and oxygen atoms in total. The van der Waals surface area contributed by atoms with Gasteiger partial charge in [-0.1, -0.05) is 6.92 Å². The van der Waals surface area contributed by atoms with E-state index in [-0.39, 0.29) is 11.4 Å². The number of ketones is 1. The number of ether oxygens (including phenoxy) is 1. The third-order valence-corrected chi connectivity index (χ3v) is 7.36. The van der Waals surface area contributed by atoms with E-state index in [1.54, 1.807) is 0 Å². The van der Waals surface area contributed by atoms with Crippen LogP contribution in [-0.4, -0.2) is 11.8 Å². The molecule has 0 unspecified atom stereocenters. The number of benzene rings is 1. The van der Waals surface area contributed by atoms with E-state index in [2.05, 4.69) is 28.9 Å². The fraction of sp³-hybridized carbons (Fsp3) is 0.600. The van der Waals surface area contributed by atoms with E-state index in [0.717, 1.165) is 43.0 Å². The predicted octanol–water partition coefficient (Wildman–Crippen LogP) is 4.80. The summed E-state index contributed by atoms with van der Waals surface area (Å²) in [5, 5.41) is 0. The van der Waals surface area contributed by atoms with Crippen molar-refractivity contribution in [1.82, 2.24) is 0 Å². The van der Waals surface area contributed by atoms with E-state index >= 15 is 0 Å². The Morgan fingerprint density at radius 2 is 2.04 bits per heavy atom. The molecule has 4 atom stereocenters. The van der Waals surface area contributed by atoms with E-state index in [1.807, 2.05) is 6.07 Å². The Morgan fingerprint density at radius 1 is 1.25 bits per heavy atom. The number of carbonyl (C=O) groups is 2. The SMILES string of the molecule is CC(=O)Oc1cc2c(cc1Br)[C@H]1CC[C@]3(C)C(=O)CC[C@H]3[C@H]1CC2. The van der Waals surface area contributed by atoms with Gasteiger partial charge < -0.3 is 4.74 Å². The van der Waals surface area contributed by atoms with Gasteiger partial charge in [0.2, 0.25) is 0 Å². The molecule has 0 heterocycles. The lowest BCUT2D eigenvalue weighted by molar-refractivity contribution is -0.132. The first-order chi connectivity index (χ1) is 11.4. The second-order valence-corrected chi connectivity index (χ2v) is 8.76. The average Bonchev–Trinajstić information content (AvgIpc) is 2.83. The van der Waals surface area contributed by atoms with Crippen molar-refractivity contribution in [2.75, 3.05) is 0 Å². The minimum Gasteiger partial charge on any atom is -0.426 e. The smallest absolute Gasteiger partial charge is 0.308 e. The molecule has 4 rings (SSSR count). The summed E-state index contributed by atoms with van der Waals surface area (Å²) in [5.41, 5.74) is 2.63. The Morgan fingerprint density at radius 3 is 2.79 bits per heavy atom. The molecular weight excluding hydrogens is 368 g/mol. The van der Waals surface area contributed by atoms with Gasteiger partial charge in [0, 0.05) is 18.8 Å². The fourth-order valence-corrected chi connectivity index (χ4v) is 6.02. The molecule has 1 aromatic rings. The van der Waals surface area contributed by atoms with Crippen LogP contribution in [0.25, 0.3) is 0 Å². The first-order valence-electron chi connectivity index (χ1n) is 8.94. The molecule has 0 amide bonds. The number of Topliss-reactive ketones (excluding diaryl/α,β-unsaturated/α-hetero) is 1. The van der Waals surface area contributed by atoms with Crippen molar-refractivity contribution in [3.63, 3.8) is 0 Å². The monoisotopic (exact) mass is 390 g/mol. The van der Waals surface area contributed by atoms with Gasteiger partial charge in [0.1, 0.15) is 11.5 Å². The molecule has 0 N–H and O–H groups in total. The van der Waals surface area contributed by atoms with Gasteiger partial charge >= 0.3 is 5.97 Å². The highest BCUT2D eigenvalue weighted by molar-refractivity contribution is 9.10. The minimum absolute atomic E-state index is 0.0758. The van der Waals surface area contributed by atoms with Crippen molar-refractivity contribution in [2.24, 2.45) is 17.3 Å². The molecule has 0 bridgehead atoms. The molecule has 0 radical (unpaired) electrons. The molecule has 4 heteroatoms. The van der Waals surface area contributed by atoms with Crippen LogP contribution in [0.3, 0.4) is 0 Å². The maximum atomic E-state index is 12.4. The number of rotatable bonds is 1. The summed E-state index contributed by atoms with van der Waals surface area (Å²) in [6, 6.07) is 4.19. The normalized spacial score (nSPS) is 34.3. The second kappa shape index (κ2) is 5.69. The van der Waals surface area contributed by atoms with Gasteiger partial charge in [-0.05, 0) is 89.0 Å². The van der Waals surface area contributed by atoms with Gasteiger partial charge in [-0.15, -0.1) is 0 Å². The number of hydrogen-bond acceptors (Lipinski definition) is 3. The summed E-state index contributed by atoms with van der Waals surface area (Å²) < 4.78 is 6.17. The van der Waals surface area contributed by atoms with Crippen LogP contribution in [0.2, 0.25) is 0 Å². The number of halogens is 1. The number of carbonyl (C=O) groups excluding carboxylic acids is 2. The third-order valence-electron chi connectivity index (χ3n) is 6.74. The standard InChI is InChI=1S/C20H23BrO3/c1-11(22)24-18-9-12-3-4-14-13(15(12)10-17(18)21)7-8-20(2)16(14)5-6-19(20)23/h9-10,13-14,16H,3-8H2,1-2H3/t13-,14-,16-,20-/m0/s1. The Bertz CT molecular complexity index is 726. The van der Waals surface area contributed by atoms with Crippen LogP contribution >= 0.6 is 15.9 Å². The van der Waals surface area contributed by atoms with Crippen molar-refractivity contribution in [3.8, 4) is 5.75 Å². The van der Waals surface area contributed by atoms with E-state index in [4.69, 9.17) is 4.74 Å².